The number of nitrogens with one attached hydrogen (secondary N) is 2. The van der Waals surface area contributed by atoms with Gasteiger partial charge in [0.15, 0.2) is 0 Å². The SMILES string of the molecule is COCC(=O)N1c2ccc(C(=O)NCCN)cc2NC(=O)CC1C1CCCCC1. The van der Waals surface area contributed by atoms with E-state index in [-0.39, 0.29) is 42.7 Å². The van der Waals surface area contributed by atoms with Gasteiger partial charge in [-0.1, -0.05) is 19.3 Å². The minimum absolute atomic E-state index is 0.0599. The summed E-state index contributed by atoms with van der Waals surface area (Å²) in [4.78, 5) is 39.7. The topological polar surface area (TPSA) is 114 Å². The van der Waals surface area contributed by atoms with Crippen LogP contribution in [0, 0.1) is 5.92 Å². The highest BCUT2D eigenvalue weighted by Crippen LogP contribution is 2.38. The van der Waals surface area contributed by atoms with Crippen LogP contribution in [0.3, 0.4) is 0 Å². The van der Waals surface area contributed by atoms with Crippen LogP contribution in [0.4, 0.5) is 11.4 Å². The van der Waals surface area contributed by atoms with E-state index >= 15 is 0 Å². The summed E-state index contributed by atoms with van der Waals surface area (Å²) in [6.07, 6.45) is 5.67. The van der Waals surface area contributed by atoms with Crippen LogP contribution in [0.15, 0.2) is 18.2 Å². The van der Waals surface area contributed by atoms with E-state index in [2.05, 4.69) is 10.6 Å². The van der Waals surface area contributed by atoms with Crippen molar-refractivity contribution in [2.24, 2.45) is 11.7 Å². The lowest BCUT2D eigenvalue weighted by Gasteiger charge is -2.37. The smallest absolute Gasteiger partial charge is 0.253 e. The Morgan fingerprint density at radius 3 is 2.72 bits per heavy atom. The Labute approximate surface area is 171 Å². The van der Waals surface area contributed by atoms with Gasteiger partial charge in [-0.15, -0.1) is 0 Å². The van der Waals surface area contributed by atoms with Crippen molar-refractivity contribution in [3.63, 3.8) is 0 Å². The summed E-state index contributed by atoms with van der Waals surface area (Å²) < 4.78 is 5.11. The van der Waals surface area contributed by atoms with Gasteiger partial charge in [-0.2, -0.15) is 0 Å². The highest BCUT2D eigenvalue weighted by molar-refractivity contribution is 6.06. The van der Waals surface area contributed by atoms with Crippen molar-refractivity contribution in [3.8, 4) is 0 Å². The zero-order chi connectivity index (χ0) is 20.8. The van der Waals surface area contributed by atoms with Gasteiger partial charge >= 0.3 is 0 Å². The molecule has 3 rings (SSSR count). The van der Waals surface area contributed by atoms with Crippen LogP contribution < -0.4 is 21.3 Å². The Balaban J connectivity index is 1.98. The molecule has 0 aromatic heterocycles. The molecule has 0 radical (unpaired) electrons. The van der Waals surface area contributed by atoms with Crippen LogP contribution >= 0.6 is 0 Å². The number of nitrogens with zero attached hydrogens (tertiary/aromatic N) is 1. The number of hydrogen-bond acceptors (Lipinski definition) is 5. The van der Waals surface area contributed by atoms with E-state index in [4.69, 9.17) is 10.5 Å². The number of hydrogen-bond donors (Lipinski definition) is 3. The molecule has 1 heterocycles. The quantitative estimate of drug-likeness (QED) is 0.669. The van der Waals surface area contributed by atoms with Crippen molar-refractivity contribution >= 4 is 29.1 Å². The molecule has 1 aliphatic heterocycles. The van der Waals surface area contributed by atoms with E-state index in [1.807, 2.05) is 0 Å². The normalized spacial score (nSPS) is 19.9. The number of rotatable bonds is 6. The van der Waals surface area contributed by atoms with E-state index < -0.39 is 0 Å². The van der Waals surface area contributed by atoms with Crippen molar-refractivity contribution in [3.05, 3.63) is 23.8 Å². The number of methoxy groups -OCH3 is 1. The van der Waals surface area contributed by atoms with Crippen molar-refractivity contribution in [2.75, 3.05) is 37.0 Å². The minimum Gasteiger partial charge on any atom is -0.375 e. The maximum absolute atomic E-state index is 13.0. The fourth-order valence-electron chi connectivity index (χ4n) is 4.35. The predicted molar refractivity (Wildman–Crippen MR) is 111 cm³/mol. The standard InChI is InChI=1S/C21H30N4O4/c1-29-13-20(27)25-17-8-7-15(21(28)23-10-9-22)11-16(17)24-19(26)12-18(25)14-5-3-2-4-6-14/h7-8,11,14,18H,2-6,9-10,12-13,22H2,1H3,(H,23,28)(H,24,26). The molecule has 1 unspecified atom stereocenters. The molecular formula is C21H30N4O4. The fourth-order valence-corrected chi connectivity index (χ4v) is 4.35. The van der Waals surface area contributed by atoms with Crippen molar-refractivity contribution in [1.29, 1.82) is 0 Å². The third-order valence-corrected chi connectivity index (χ3v) is 5.68. The molecular weight excluding hydrogens is 372 g/mol. The first-order chi connectivity index (χ1) is 14.0. The third kappa shape index (κ3) is 4.94. The molecule has 8 nitrogen and oxygen atoms in total. The van der Waals surface area contributed by atoms with Crippen molar-refractivity contribution in [1.82, 2.24) is 5.32 Å². The summed E-state index contributed by atoms with van der Waals surface area (Å²) in [7, 11) is 1.49. The Morgan fingerprint density at radius 2 is 2.03 bits per heavy atom. The summed E-state index contributed by atoms with van der Waals surface area (Å²) in [5.41, 5.74) is 6.94. The molecule has 158 valence electrons. The summed E-state index contributed by atoms with van der Waals surface area (Å²) >= 11 is 0. The summed E-state index contributed by atoms with van der Waals surface area (Å²) in [6.45, 7) is 0.649. The van der Waals surface area contributed by atoms with E-state index in [0.717, 1.165) is 25.7 Å². The summed E-state index contributed by atoms with van der Waals surface area (Å²) in [6, 6.07) is 4.82. The number of fused-ring (bicyclic) bond motifs is 1. The molecule has 1 fully saturated rings. The number of anilines is 2. The van der Waals surface area contributed by atoms with Gasteiger partial charge in [-0.05, 0) is 37.0 Å². The fraction of sp³-hybridized carbons (Fsp3) is 0.571. The van der Waals surface area contributed by atoms with E-state index in [9.17, 15) is 14.4 Å². The molecule has 3 amide bonds. The first kappa shape index (κ1) is 21.3. The second-order valence-electron chi connectivity index (χ2n) is 7.69. The highest BCUT2D eigenvalue weighted by atomic mass is 16.5. The van der Waals surface area contributed by atoms with E-state index in [0.29, 0.717) is 30.0 Å². The number of nitrogens with two attached hydrogens (primary N) is 1. The maximum Gasteiger partial charge on any atom is 0.253 e. The minimum atomic E-state index is -0.268. The largest absolute Gasteiger partial charge is 0.375 e. The molecule has 2 aliphatic rings. The van der Waals surface area contributed by atoms with E-state index in [1.54, 1.807) is 23.1 Å². The van der Waals surface area contributed by atoms with Gasteiger partial charge in [0.25, 0.3) is 11.8 Å². The first-order valence-corrected chi connectivity index (χ1v) is 10.3. The van der Waals surface area contributed by atoms with Crippen LogP contribution in [-0.2, 0) is 14.3 Å². The molecule has 4 N–H and O–H groups in total. The molecule has 1 aliphatic carbocycles. The first-order valence-electron chi connectivity index (χ1n) is 10.3. The van der Waals surface area contributed by atoms with Crippen molar-refractivity contribution in [2.45, 2.75) is 44.6 Å². The zero-order valence-electron chi connectivity index (χ0n) is 16.9. The second-order valence-corrected chi connectivity index (χ2v) is 7.69. The van der Waals surface area contributed by atoms with Crippen LogP contribution in [0.1, 0.15) is 48.9 Å². The highest BCUT2D eigenvalue weighted by Gasteiger charge is 2.37. The van der Waals surface area contributed by atoms with Crippen LogP contribution in [-0.4, -0.2) is 50.6 Å². The second kappa shape index (κ2) is 9.84. The average molecular weight is 402 g/mol. The van der Waals surface area contributed by atoms with Crippen LogP contribution in [0.2, 0.25) is 0 Å². The Morgan fingerprint density at radius 1 is 1.28 bits per heavy atom. The molecule has 1 aromatic rings. The molecule has 1 aromatic carbocycles. The lowest BCUT2D eigenvalue weighted by molar-refractivity contribution is -0.123. The van der Waals surface area contributed by atoms with E-state index in [1.165, 1.54) is 13.5 Å². The van der Waals surface area contributed by atoms with Gasteiger partial charge in [0.2, 0.25) is 5.91 Å². The molecule has 29 heavy (non-hydrogen) atoms. The molecule has 0 bridgehead atoms. The monoisotopic (exact) mass is 402 g/mol. The molecule has 0 spiro atoms. The number of carbonyl (C=O) groups excluding carboxylic acids is 3. The lowest BCUT2D eigenvalue weighted by atomic mass is 9.81. The number of amides is 3. The number of benzene rings is 1. The number of carbonyl (C=O) groups is 3. The summed E-state index contributed by atoms with van der Waals surface area (Å²) in [5, 5.41) is 5.61. The van der Waals surface area contributed by atoms with Crippen molar-refractivity contribution < 1.29 is 19.1 Å². The van der Waals surface area contributed by atoms with Gasteiger partial charge in [-0.3, -0.25) is 14.4 Å². The molecule has 0 saturated heterocycles. The van der Waals surface area contributed by atoms with Gasteiger partial charge in [-0.25, -0.2) is 0 Å². The summed E-state index contributed by atoms with van der Waals surface area (Å²) in [5.74, 6) is -0.320. The van der Waals surface area contributed by atoms with Gasteiger partial charge in [0, 0.05) is 38.2 Å². The lowest BCUT2D eigenvalue weighted by Crippen LogP contribution is -2.47. The van der Waals surface area contributed by atoms with Crippen LogP contribution in [0.5, 0.6) is 0 Å². The predicted octanol–water partition coefficient (Wildman–Crippen LogP) is 1.65. The number of ether oxygens (including phenoxy) is 1. The van der Waals surface area contributed by atoms with Crippen LogP contribution in [0.25, 0.3) is 0 Å². The molecule has 1 saturated carbocycles. The van der Waals surface area contributed by atoms with Gasteiger partial charge < -0.3 is 26.0 Å². The zero-order valence-corrected chi connectivity index (χ0v) is 16.9. The maximum atomic E-state index is 13.0. The third-order valence-electron chi connectivity index (χ3n) is 5.68. The van der Waals surface area contributed by atoms with Gasteiger partial charge in [0.05, 0.1) is 11.4 Å². The molecule has 8 heteroatoms. The Hall–Kier alpha value is -2.45. The average Bonchev–Trinajstić information content (AvgIpc) is 2.87. The Bertz CT molecular complexity index is 761. The van der Waals surface area contributed by atoms with Gasteiger partial charge in [0.1, 0.15) is 6.61 Å². The molecule has 1 atom stereocenters. The Kier molecular flexibility index (Phi) is 7.22.